The van der Waals surface area contributed by atoms with E-state index in [0.29, 0.717) is 25.7 Å². The minimum atomic E-state index is -4.96. The van der Waals surface area contributed by atoms with Crippen molar-refractivity contribution in [3.8, 4) is 0 Å². The first-order valence-corrected chi connectivity index (χ1v) is 43.3. The third-order valence-corrected chi connectivity index (χ3v) is 20.0. The van der Waals surface area contributed by atoms with Gasteiger partial charge in [-0.25, -0.2) is 9.13 Å². The van der Waals surface area contributed by atoms with Gasteiger partial charge in [0, 0.05) is 25.7 Å². The summed E-state index contributed by atoms with van der Waals surface area (Å²) in [5.41, 5.74) is 0. The Hall–Kier alpha value is -1.94. The van der Waals surface area contributed by atoms with E-state index in [2.05, 4.69) is 48.5 Å². The summed E-state index contributed by atoms with van der Waals surface area (Å²) in [4.78, 5) is 72.9. The van der Waals surface area contributed by atoms with Crippen molar-refractivity contribution in [2.24, 2.45) is 17.8 Å². The molecule has 0 aromatic rings. The van der Waals surface area contributed by atoms with E-state index in [0.717, 1.165) is 108 Å². The molecule has 576 valence electrons. The topological polar surface area (TPSA) is 237 Å². The lowest BCUT2D eigenvalue weighted by Gasteiger charge is -2.21. The molecule has 0 saturated carbocycles. The van der Waals surface area contributed by atoms with Crippen molar-refractivity contribution in [1.82, 2.24) is 0 Å². The third-order valence-electron chi connectivity index (χ3n) is 18.1. The fourth-order valence-corrected chi connectivity index (χ4v) is 13.5. The number of ether oxygens (including phenoxy) is 4. The van der Waals surface area contributed by atoms with E-state index in [9.17, 15) is 43.2 Å². The smallest absolute Gasteiger partial charge is 0.462 e. The summed E-state index contributed by atoms with van der Waals surface area (Å²) in [7, 11) is -9.92. The highest BCUT2D eigenvalue weighted by Gasteiger charge is 2.30. The van der Waals surface area contributed by atoms with Gasteiger partial charge >= 0.3 is 39.5 Å². The first-order chi connectivity index (χ1) is 46.7. The largest absolute Gasteiger partial charge is 0.472 e. The Morgan fingerprint density at radius 2 is 0.474 bits per heavy atom. The molecule has 0 rings (SSSR count). The van der Waals surface area contributed by atoms with Crippen molar-refractivity contribution in [2.75, 3.05) is 39.6 Å². The molecule has 0 aliphatic heterocycles. The van der Waals surface area contributed by atoms with Gasteiger partial charge in [0.15, 0.2) is 12.2 Å². The van der Waals surface area contributed by atoms with Crippen LogP contribution in [0.4, 0.5) is 0 Å². The zero-order valence-electron chi connectivity index (χ0n) is 63.5. The van der Waals surface area contributed by atoms with Gasteiger partial charge in [0.25, 0.3) is 0 Å². The number of rotatable bonds is 76. The molecule has 0 aliphatic carbocycles. The van der Waals surface area contributed by atoms with Gasteiger partial charge in [-0.1, -0.05) is 350 Å². The molecule has 97 heavy (non-hydrogen) atoms. The predicted molar refractivity (Wildman–Crippen MR) is 395 cm³/mol. The summed E-state index contributed by atoms with van der Waals surface area (Å²) in [6.07, 6.45) is 55.5. The first-order valence-electron chi connectivity index (χ1n) is 40.3. The SMILES string of the molecule is CCCCCCCCCCCCCCCCCCCC(=O)OC[C@H](COP(=O)(O)OC[C@@H](O)COP(=O)(O)OC[C@@H](COC(=O)CCCCCCCCCCC(C)C)OC(=O)CCCCCCCCCCCC(C)C)OC(=O)CCCCCCCCCCCCCCCCC(C)C. The van der Waals surface area contributed by atoms with E-state index >= 15 is 0 Å². The molecule has 3 N–H and O–H groups in total. The molecule has 17 nitrogen and oxygen atoms in total. The van der Waals surface area contributed by atoms with Crippen LogP contribution in [-0.4, -0.2) is 96.7 Å². The number of aliphatic hydroxyl groups excluding tert-OH is 1. The number of unbranched alkanes of at least 4 members (excludes halogenated alkanes) is 44. The fourth-order valence-electron chi connectivity index (χ4n) is 12.0. The lowest BCUT2D eigenvalue weighted by Crippen LogP contribution is -2.30. The maximum atomic E-state index is 13.1. The molecule has 0 amide bonds. The molecule has 0 spiro atoms. The second-order valence-electron chi connectivity index (χ2n) is 29.5. The normalized spacial score (nSPS) is 14.0. The predicted octanol–water partition coefficient (Wildman–Crippen LogP) is 23.0. The lowest BCUT2D eigenvalue weighted by molar-refractivity contribution is -0.161. The van der Waals surface area contributed by atoms with Gasteiger partial charge in [-0.3, -0.25) is 37.3 Å². The van der Waals surface area contributed by atoms with Crippen LogP contribution in [0.5, 0.6) is 0 Å². The number of phosphoric acid groups is 2. The van der Waals surface area contributed by atoms with Crippen LogP contribution >= 0.6 is 15.6 Å². The standard InChI is InChI=1S/C78H152O17P2/c1-8-9-10-11-12-13-14-15-16-17-18-22-25-30-38-45-52-59-75(80)88-65-73(94-77(82)61-54-47-40-31-26-23-20-19-21-24-28-35-42-49-56-69(2)3)67-92-96(84,85)90-63-72(79)64-91-97(86,87)93-68-74(66-89-76(81)60-53-46-39-34-33-37-44-51-58-71(6)7)95-78(83)62-55-48-41-32-27-29-36-43-50-57-70(4)5/h69-74,79H,8-68H2,1-7H3,(H,84,85)(H,86,87)/t72-,73-,74-/m1/s1. The van der Waals surface area contributed by atoms with Gasteiger partial charge < -0.3 is 33.8 Å². The molecule has 0 aromatic carbocycles. The number of esters is 4. The molecular formula is C78H152O17P2. The molecule has 0 aliphatic rings. The zero-order valence-corrected chi connectivity index (χ0v) is 65.3. The monoisotopic (exact) mass is 1420 g/mol. The van der Waals surface area contributed by atoms with Gasteiger partial charge in [-0.05, 0) is 43.4 Å². The number of carbonyl (C=O) groups excluding carboxylic acids is 4. The van der Waals surface area contributed by atoms with Crippen LogP contribution in [0.1, 0.15) is 402 Å². The molecule has 0 aromatic heterocycles. The molecule has 0 saturated heterocycles. The molecule has 0 bridgehead atoms. The van der Waals surface area contributed by atoms with Crippen LogP contribution < -0.4 is 0 Å². The second kappa shape index (κ2) is 68.5. The Morgan fingerprint density at radius 1 is 0.278 bits per heavy atom. The number of carbonyl (C=O) groups is 4. The summed E-state index contributed by atoms with van der Waals surface area (Å²) in [6.45, 7) is 11.9. The minimum Gasteiger partial charge on any atom is -0.462 e. The van der Waals surface area contributed by atoms with Crippen molar-refractivity contribution in [2.45, 2.75) is 420 Å². The van der Waals surface area contributed by atoms with Gasteiger partial charge in [0.2, 0.25) is 0 Å². The Kier molecular flexibility index (Phi) is 67.1. The average Bonchev–Trinajstić information content (AvgIpc) is 1.35. The summed E-state index contributed by atoms with van der Waals surface area (Å²) in [5.74, 6) is 0.142. The number of hydrogen-bond acceptors (Lipinski definition) is 15. The van der Waals surface area contributed by atoms with Crippen LogP contribution in [-0.2, 0) is 65.4 Å². The Labute approximate surface area is 594 Å². The fraction of sp³-hybridized carbons (Fsp3) is 0.949. The highest BCUT2D eigenvalue weighted by Crippen LogP contribution is 2.45. The quantitative estimate of drug-likeness (QED) is 0.0222. The maximum Gasteiger partial charge on any atom is 0.472 e. The lowest BCUT2D eigenvalue weighted by atomic mass is 10.0. The molecule has 19 heteroatoms. The van der Waals surface area contributed by atoms with Crippen LogP contribution in [0.15, 0.2) is 0 Å². The molecule has 0 fully saturated rings. The van der Waals surface area contributed by atoms with Crippen molar-refractivity contribution < 1.29 is 80.2 Å². The minimum absolute atomic E-state index is 0.105. The van der Waals surface area contributed by atoms with Gasteiger partial charge in [0.05, 0.1) is 26.4 Å². The van der Waals surface area contributed by atoms with Gasteiger partial charge in [-0.15, -0.1) is 0 Å². The van der Waals surface area contributed by atoms with Crippen LogP contribution in [0.25, 0.3) is 0 Å². The number of phosphoric ester groups is 2. The second-order valence-corrected chi connectivity index (χ2v) is 32.4. The van der Waals surface area contributed by atoms with Gasteiger partial charge in [0.1, 0.15) is 19.3 Å². The van der Waals surface area contributed by atoms with E-state index in [1.807, 2.05) is 0 Å². The highest BCUT2D eigenvalue weighted by atomic mass is 31.2. The Bertz CT molecular complexity index is 1890. The van der Waals surface area contributed by atoms with Crippen LogP contribution in [0, 0.1) is 17.8 Å². The van der Waals surface area contributed by atoms with Crippen molar-refractivity contribution in [3.05, 3.63) is 0 Å². The third kappa shape index (κ3) is 72.2. The summed E-state index contributed by atoms with van der Waals surface area (Å²) < 4.78 is 68.6. The molecule has 0 radical (unpaired) electrons. The zero-order chi connectivity index (χ0) is 71.6. The van der Waals surface area contributed by atoms with Crippen molar-refractivity contribution in [3.63, 3.8) is 0 Å². The number of hydrogen-bond donors (Lipinski definition) is 3. The van der Waals surface area contributed by atoms with E-state index in [-0.39, 0.29) is 25.7 Å². The van der Waals surface area contributed by atoms with E-state index in [1.165, 1.54) is 212 Å². The highest BCUT2D eigenvalue weighted by molar-refractivity contribution is 7.47. The van der Waals surface area contributed by atoms with E-state index < -0.39 is 97.5 Å². The molecule has 2 unspecified atom stereocenters. The van der Waals surface area contributed by atoms with Crippen LogP contribution in [0.3, 0.4) is 0 Å². The average molecular weight is 1420 g/mol. The van der Waals surface area contributed by atoms with Gasteiger partial charge in [-0.2, -0.15) is 0 Å². The Balaban J connectivity index is 5.25. The molecule has 5 atom stereocenters. The van der Waals surface area contributed by atoms with E-state index in [4.69, 9.17) is 37.0 Å². The first kappa shape index (κ1) is 95.1. The Morgan fingerprint density at radius 3 is 0.701 bits per heavy atom. The maximum absolute atomic E-state index is 13.1. The van der Waals surface area contributed by atoms with Crippen molar-refractivity contribution in [1.29, 1.82) is 0 Å². The number of aliphatic hydroxyl groups is 1. The summed E-state index contributed by atoms with van der Waals surface area (Å²) in [5, 5.41) is 10.6. The molecule has 0 heterocycles. The van der Waals surface area contributed by atoms with Crippen LogP contribution in [0.2, 0.25) is 0 Å². The summed E-state index contributed by atoms with van der Waals surface area (Å²) >= 11 is 0. The van der Waals surface area contributed by atoms with E-state index in [1.54, 1.807) is 0 Å². The summed E-state index contributed by atoms with van der Waals surface area (Å²) in [6, 6.07) is 0. The van der Waals surface area contributed by atoms with Crippen molar-refractivity contribution >= 4 is 39.5 Å². The molecular weight excluding hydrogens is 1270 g/mol.